The van der Waals surface area contributed by atoms with Gasteiger partial charge in [0.15, 0.2) is 0 Å². The molecule has 0 aliphatic heterocycles. The molecule has 0 fully saturated rings. The van der Waals surface area contributed by atoms with Gasteiger partial charge in [0.1, 0.15) is 11.4 Å². The number of methoxy groups -OCH3 is 1. The summed E-state index contributed by atoms with van der Waals surface area (Å²) in [4.78, 5) is 21.4. The highest BCUT2D eigenvalue weighted by atomic mass is 35.5. The van der Waals surface area contributed by atoms with Crippen molar-refractivity contribution >= 4 is 29.1 Å². The lowest BCUT2D eigenvalue weighted by molar-refractivity contribution is 0.102. The number of aryl methyl sites for hydroxylation is 2. The third-order valence-electron chi connectivity index (χ3n) is 4.19. The molecule has 0 saturated carbocycles. The molecule has 0 saturated heterocycles. The van der Waals surface area contributed by atoms with Gasteiger partial charge in [0.05, 0.1) is 12.8 Å². The lowest BCUT2D eigenvalue weighted by atomic mass is 10.1. The highest BCUT2D eigenvalue weighted by molar-refractivity contribution is 6.31. The molecule has 144 valence electrons. The number of anilines is 2. The van der Waals surface area contributed by atoms with Gasteiger partial charge in [0, 0.05) is 17.3 Å². The predicted octanol–water partition coefficient (Wildman–Crippen LogP) is 4.62. The Morgan fingerprint density at radius 3 is 2.64 bits per heavy atom. The van der Waals surface area contributed by atoms with E-state index in [-0.39, 0.29) is 11.6 Å². The summed E-state index contributed by atoms with van der Waals surface area (Å²) in [5.74, 6) is 0.540. The Morgan fingerprint density at radius 1 is 1.11 bits per heavy atom. The highest BCUT2D eigenvalue weighted by Crippen LogP contribution is 2.28. The minimum Gasteiger partial charge on any atom is -0.495 e. The van der Waals surface area contributed by atoms with Crippen LogP contribution < -0.4 is 15.4 Å². The summed E-state index contributed by atoms with van der Waals surface area (Å²) in [5, 5.41) is 6.47. The fraction of sp³-hybridized carbons (Fsp3) is 0.190. The number of benzene rings is 2. The number of rotatable bonds is 6. The van der Waals surface area contributed by atoms with Crippen LogP contribution in [0.3, 0.4) is 0 Å². The zero-order valence-electron chi connectivity index (χ0n) is 15.9. The molecule has 2 aromatic carbocycles. The van der Waals surface area contributed by atoms with E-state index in [9.17, 15) is 4.79 Å². The van der Waals surface area contributed by atoms with E-state index in [1.54, 1.807) is 24.3 Å². The molecule has 0 aliphatic rings. The maximum absolute atomic E-state index is 12.7. The van der Waals surface area contributed by atoms with E-state index in [0.29, 0.717) is 34.6 Å². The summed E-state index contributed by atoms with van der Waals surface area (Å²) in [6, 6.07) is 14.7. The number of nitrogens with one attached hydrogen (secondary N) is 2. The van der Waals surface area contributed by atoms with Crippen LogP contribution in [0.5, 0.6) is 5.75 Å². The number of aromatic nitrogens is 2. The zero-order chi connectivity index (χ0) is 20.1. The van der Waals surface area contributed by atoms with E-state index in [0.717, 1.165) is 5.56 Å². The van der Waals surface area contributed by atoms with Gasteiger partial charge in [-0.25, -0.2) is 9.97 Å². The Morgan fingerprint density at radius 2 is 1.89 bits per heavy atom. The van der Waals surface area contributed by atoms with Crippen molar-refractivity contribution < 1.29 is 9.53 Å². The number of carbonyl (C=O) groups is 1. The Balaban J connectivity index is 1.78. The van der Waals surface area contributed by atoms with Gasteiger partial charge >= 0.3 is 0 Å². The molecule has 1 aromatic heterocycles. The molecule has 0 spiro atoms. The van der Waals surface area contributed by atoms with Crippen LogP contribution in [0.1, 0.15) is 27.3 Å². The van der Waals surface area contributed by atoms with E-state index in [4.69, 9.17) is 16.3 Å². The lowest BCUT2D eigenvalue weighted by Gasteiger charge is -2.12. The average molecular weight is 397 g/mol. The van der Waals surface area contributed by atoms with E-state index >= 15 is 0 Å². The lowest BCUT2D eigenvalue weighted by Crippen LogP contribution is -2.16. The van der Waals surface area contributed by atoms with Crippen LogP contribution in [0.4, 0.5) is 11.6 Å². The number of nitrogens with zero attached hydrogens (tertiary/aromatic N) is 2. The second kappa shape index (κ2) is 8.71. The molecule has 3 rings (SSSR count). The van der Waals surface area contributed by atoms with Crippen LogP contribution in [-0.2, 0) is 6.54 Å². The summed E-state index contributed by atoms with van der Waals surface area (Å²) in [7, 11) is 1.53. The standard InChI is InChI=1S/C21H21ClN4O2/c1-13-6-4-5-7-15(13)12-23-21-24-14(2)10-18(26-21)20(27)25-17-11-16(22)8-9-19(17)28-3/h4-11H,12H2,1-3H3,(H,25,27)(H,23,24,26). The number of hydrogen-bond acceptors (Lipinski definition) is 5. The second-order valence-electron chi connectivity index (χ2n) is 6.30. The SMILES string of the molecule is COc1ccc(Cl)cc1NC(=O)c1cc(C)nc(NCc2ccccc2C)n1. The molecule has 3 aromatic rings. The van der Waals surface area contributed by atoms with E-state index < -0.39 is 0 Å². The Bertz CT molecular complexity index is 1010. The topological polar surface area (TPSA) is 76.1 Å². The molecule has 6 nitrogen and oxygen atoms in total. The minimum absolute atomic E-state index is 0.252. The van der Waals surface area contributed by atoms with E-state index in [1.807, 2.05) is 38.1 Å². The molecule has 0 aliphatic carbocycles. The molecule has 0 unspecified atom stereocenters. The minimum atomic E-state index is -0.370. The van der Waals surface area contributed by atoms with Crippen molar-refractivity contribution in [2.45, 2.75) is 20.4 Å². The first-order valence-corrected chi connectivity index (χ1v) is 9.13. The molecule has 0 atom stereocenters. The number of amides is 1. The van der Waals surface area contributed by atoms with Crippen molar-refractivity contribution in [2.75, 3.05) is 17.7 Å². The summed E-state index contributed by atoms with van der Waals surface area (Å²) in [6.07, 6.45) is 0. The van der Waals surface area contributed by atoms with Gasteiger partial charge in [-0.2, -0.15) is 0 Å². The summed E-state index contributed by atoms with van der Waals surface area (Å²) in [5.41, 5.74) is 3.73. The Labute approximate surface area is 168 Å². The first-order valence-electron chi connectivity index (χ1n) is 8.75. The van der Waals surface area contributed by atoms with Crippen molar-refractivity contribution in [2.24, 2.45) is 0 Å². The number of halogens is 1. The third-order valence-corrected chi connectivity index (χ3v) is 4.43. The molecule has 1 heterocycles. The fourth-order valence-electron chi connectivity index (χ4n) is 2.71. The smallest absolute Gasteiger partial charge is 0.274 e. The van der Waals surface area contributed by atoms with Gasteiger partial charge < -0.3 is 15.4 Å². The molecule has 28 heavy (non-hydrogen) atoms. The van der Waals surface area contributed by atoms with Crippen molar-refractivity contribution in [1.29, 1.82) is 0 Å². The monoisotopic (exact) mass is 396 g/mol. The first kappa shape index (κ1) is 19.6. The van der Waals surface area contributed by atoms with Crippen molar-refractivity contribution in [3.8, 4) is 5.75 Å². The predicted molar refractivity (Wildman–Crippen MR) is 111 cm³/mol. The van der Waals surface area contributed by atoms with E-state index in [1.165, 1.54) is 12.7 Å². The number of hydrogen-bond donors (Lipinski definition) is 2. The van der Waals surface area contributed by atoms with Gasteiger partial charge in [-0.3, -0.25) is 4.79 Å². The first-order chi connectivity index (χ1) is 13.5. The molecule has 0 bridgehead atoms. The molecule has 1 amide bonds. The quantitative estimate of drug-likeness (QED) is 0.635. The van der Waals surface area contributed by atoms with Crippen LogP contribution in [0, 0.1) is 13.8 Å². The van der Waals surface area contributed by atoms with Gasteiger partial charge in [0.25, 0.3) is 5.91 Å². The van der Waals surface area contributed by atoms with Crippen LogP contribution in [0.2, 0.25) is 5.02 Å². The fourth-order valence-corrected chi connectivity index (χ4v) is 2.88. The maximum atomic E-state index is 12.7. The zero-order valence-corrected chi connectivity index (χ0v) is 16.7. The van der Waals surface area contributed by atoms with Gasteiger partial charge in [-0.15, -0.1) is 0 Å². The third kappa shape index (κ3) is 4.78. The molecule has 7 heteroatoms. The van der Waals surface area contributed by atoms with Gasteiger partial charge in [-0.1, -0.05) is 35.9 Å². The van der Waals surface area contributed by atoms with Crippen LogP contribution in [-0.4, -0.2) is 23.0 Å². The summed E-state index contributed by atoms with van der Waals surface area (Å²) in [6.45, 7) is 4.43. The van der Waals surface area contributed by atoms with Crippen LogP contribution in [0.25, 0.3) is 0 Å². The Hall–Kier alpha value is -3.12. The number of ether oxygens (including phenoxy) is 1. The maximum Gasteiger partial charge on any atom is 0.274 e. The Kier molecular flexibility index (Phi) is 6.11. The second-order valence-corrected chi connectivity index (χ2v) is 6.73. The van der Waals surface area contributed by atoms with E-state index in [2.05, 4.69) is 20.6 Å². The van der Waals surface area contributed by atoms with Crippen LogP contribution in [0.15, 0.2) is 48.5 Å². The van der Waals surface area contributed by atoms with Gasteiger partial charge in [-0.05, 0) is 49.2 Å². The summed E-state index contributed by atoms with van der Waals surface area (Å²) < 4.78 is 5.26. The molecule has 2 N–H and O–H groups in total. The largest absolute Gasteiger partial charge is 0.495 e. The average Bonchev–Trinajstić information content (AvgIpc) is 2.67. The van der Waals surface area contributed by atoms with Gasteiger partial charge in [0.2, 0.25) is 5.95 Å². The number of carbonyl (C=O) groups excluding carboxylic acids is 1. The van der Waals surface area contributed by atoms with Crippen molar-refractivity contribution in [3.63, 3.8) is 0 Å². The molecular weight excluding hydrogens is 376 g/mol. The van der Waals surface area contributed by atoms with Crippen LogP contribution >= 0.6 is 11.6 Å². The summed E-state index contributed by atoms with van der Waals surface area (Å²) >= 11 is 6.02. The molecular formula is C21H21ClN4O2. The van der Waals surface area contributed by atoms with Crippen molar-refractivity contribution in [1.82, 2.24) is 9.97 Å². The highest BCUT2D eigenvalue weighted by Gasteiger charge is 2.14. The normalized spacial score (nSPS) is 10.4. The molecule has 0 radical (unpaired) electrons. The van der Waals surface area contributed by atoms with Crippen molar-refractivity contribution in [3.05, 3.63) is 76.1 Å².